The predicted molar refractivity (Wildman–Crippen MR) is 45.3 cm³/mol. The molecule has 0 fully saturated rings. The Labute approximate surface area is 82.5 Å². The van der Waals surface area contributed by atoms with Crippen molar-refractivity contribution in [1.29, 1.82) is 0 Å². The number of hydrogen-bond acceptors (Lipinski definition) is 2. The molecule has 0 atom stereocenters. The lowest BCUT2D eigenvalue weighted by Gasteiger charge is -2.01. The molecular weight excluding hydrogens is 215 g/mol. The van der Waals surface area contributed by atoms with Crippen LogP contribution in [0.1, 0.15) is 20.7 Å². The maximum atomic E-state index is 12.9. The monoisotopic (exact) mass is 218 g/mol. The number of rotatable bonds is 2. The van der Waals surface area contributed by atoms with Crippen LogP contribution >= 0.6 is 11.6 Å². The van der Waals surface area contributed by atoms with Crippen LogP contribution in [0.3, 0.4) is 0 Å². The molecule has 74 valence electrons. The summed E-state index contributed by atoms with van der Waals surface area (Å²) in [6.45, 7) is 0. The Hall–Kier alpha value is -1.62. The van der Waals surface area contributed by atoms with Crippen molar-refractivity contribution in [2.75, 3.05) is 0 Å². The molecule has 4 nitrogen and oxygen atoms in total. The van der Waals surface area contributed by atoms with Gasteiger partial charge in [0.05, 0.1) is 16.1 Å². The highest BCUT2D eigenvalue weighted by molar-refractivity contribution is 6.33. The lowest BCUT2D eigenvalue weighted by molar-refractivity contribution is 0.0696. The molecule has 2 N–H and O–H groups in total. The number of benzene rings is 1. The average Bonchev–Trinajstić information content (AvgIpc) is 2.08. The summed E-state index contributed by atoms with van der Waals surface area (Å²) in [6, 6.07) is 1.47. The molecule has 0 aliphatic carbocycles. The van der Waals surface area contributed by atoms with Crippen molar-refractivity contribution in [3.8, 4) is 0 Å². The Bertz CT molecular complexity index is 416. The molecule has 14 heavy (non-hydrogen) atoms. The molecule has 1 aromatic carbocycles. The Morgan fingerprint density at radius 3 is 2.21 bits per heavy atom. The van der Waals surface area contributed by atoms with Crippen LogP contribution in [0.15, 0.2) is 12.1 Å². The zero-order chi connectivity index (χ0) is 10.9. The Morgan fingerprint density at radius 2 is 1.79 bits per heavy atom. The molecular formula is C8H4ClFO4. The second-order valence-electron chi connectivity index (χ2n) is 2.43. The van der Waals surface area contributed by atoms with Gasteiger partial charge in [-0.15, -0.1) is 0 Å². The van der Waals surface area contributed by atoms with Crippen molar-refractivity contribution in [1.82, 2.24) is 0 Å². The second-order valence-corrected chi connectivity index (χ2v) is 2.81. The maximum absolute atomic E-state index is 12.9. The molecule has 0 bridgehead atoms. The van der Waals surface area contributed by atoms with E-state index in [1.807, 2.05) is 0 Å². The van der Waals surface area contributed by atoms with Gasteiger partial charge in [-0.05, 0) is 12.1 Å². The first-order valence-corrected chi connectivity index (χ1v) is 3.77. The number of halogens is 2. The summed E-state index contributed by atoms with van der Waals surface area (Å²) >= 11 is 5.32. The zero-order valence-electron chi connectivity index (χ0n) is 6.62. The molecule has 6 heteroatoms. The SMILES string of the molecule is O=C(O)c1cc(F)c(Cl)c(C(=O)O)c1. The summed E-state index contributed by atoms with van der Waals surface area (Å²) in [7, 11) is 0. The first-order valence-electron chi connectivity index (χ1n) is 3.39. The van der Waals surface area contributed by atoms with Crippen LogP contribution < -0.4 is 0 Å². The molecule has 0 amide bonds. The van der Waals surface area contributed by atoms with E-state index in [1.165, 1.54) is 0 Å². The van der Waals surface area contributed by atoms with Crippen LogP contribution in [0.5, 0.6) is 0 Å². The van der Waals surface area contributed by atoms with E-state index in [2.05, 4.69) is 0 Å². The molecule has 0 aliphatic rings. The van der Waals surface area contributed by atoms with Gasteiger partial charge in [0.1, 0.15) is 5.82 Å². The zero-order valence-corrected chi connectivity index (χ0v) is 7.38. The number of hydrogen-bond donors (Lipinski definition) is 2. The number of aromatic carboxylic acids is 2. The lowest BCUT2D eigenvalue weighted by atomic mass is 10.1. The van der Waals surface area contributed by atoms with E-state index in [9.17, 15) is 14.0 Å². The van der Waals surface area contributed by atoms with Gasteiger partial charge < -0.3 is 10.2 Å². The lowest BCUT2D eigenvalue weighted by Crippen LogP contribution is -2.04. The van der Waals surface area contributed by atoms with Crippen LogP contribution in [0.25, 0.3) is 0 Å². The first-order chi connectivity index (χ1) is 6.43. The number of carboxylic acid groups (broad SMARTS) is 2. The Morgan fingerprint density at radius 1 is 1.21 bits per heavy atom. The van der Waals surface area contributed by atoms with Gasteiger partial charge in [0.25, 0.3) is 0 Å². The smallest absolute Gasteiger partial charge is 0.337 e. The van der Waals surface area contributed by atoms with Crippen LogP contribution in [0.4, 0.5) is 4.39 Å². The maximum Gasteiger partial charge on any atom is 0.337 e. The van der Waals surface area contributed by atoms with E-state index in [1.54, 1.807) is 0 Å². The van der Waals surface area contributed by atoms with E-state index >= 15 is 0 Å². The van der Waals surface area contributed by atoms with E-state index in [0.29, 0.717) is 6.07 Å². The standard InChI is InChI=1S/C8H4ClFO4/c9-6-4(8(13)14)1-3(7(11)12)2-5(6)10/h1-2H,(H,11,12)(H,13,14). The molecule has 0 saturated carbocycles. The minimum Gasteiger partial charge on any atom is -0.478 e. The van der Waals surface area contributed by atoms with Gasteiger partial charge in [-0.25, -0.2) is 14.0 Å². The van der Waals surface area contributed by atoms with Crippen LogP contribution in [0.2, 0.25) is 5.02 Å². The van der Waals surface area contributed by atoms with Gasteiger partial charge in [-0.2, -0.15) is 0 Å². The summed E-state index contributed by atoms with van der Waals surface area (Å²) in [5.74, 6) is -3.95. The Balaban J connectivity index is 3.43. The minimum absolute atomic E-state index is 0.454. The van der Waals surface area contributed by atoms with Gasteiger partial charge in [-0.1, -0.05) is 11.6 Å². The van der Waals surface area contributed by atoms with Crippen molar-refractivity contribution in [2.24, 2.45) is 0 Å². The molecule has 0 heterocycles. The summed E-state index contributed by atoms with van der Waals surface area (Å²) < 4.78 is 12.9. The molecule has 1 rings (SSSR count). The molecule has 0 aliphatic heterocycles. The molecule has 0 spiro atoms. The van der Waals surface area contributed by atoms with Crippen molar-refractivity contribution in [3.05, 3.63) is 34.1 Å². The van der Waals surface area contributed by atoms with E-state index < -0.39 is 33.9 Å². The van der Waals surface area contributed by atoms with E-state index in [4.69, 9.17) is 21.8 Å². The van der Waals surface area contributed by atoms with Crippen LogP contribution in [-0.4, -0.2) is 22.2 Å². The molecule has 0 aromatic heterocycles. The highest BCUT2D eigenvalue weighted by Crippen LogP contribution is 2.22. The third kappa shape index (κ3) is 1.82. The highest BCUT2D eigenvalue weighted by Gasteiger charge is 2.17. The number of carbonyl (C=O) groups is 2. The predicted octanol–water partition coefficient (Wildman–Crippen LogP) is 1.88. The summed E-state index contributed by atoms with van der Waals surface area (Å²) in [5, 5.41) is 16.5. The Kier molecular flexibility index (Phi) is 2.71. The second kappa shape index (κ2) is 3.63. The van der Waals surface area contributed by atoms with Crippen molar-refractivity contribution < 1.29 is 24.2 Å². The van der Waals surface area contributed by atoms with E-state index in [-0.39, 0.29) is 0 Å². The summed E-state index contributed by atoms with van der Waals surface area (Å²) in [6.07, 6.45) is 0. The van der Waals surface area contributed by atoms with Crippen molar-refractivity contribution in [3.63, 3.8) is 0 Å². The summed E-state index contributed by atoms with van der Waals surface area (Å²) in [5.41, 5.74) is -1.02. The fraction of sp³-hybridized carbons (Fsp3) is 0. The quantitative estimate of drug-likeness (QED) is 0.795. The third-order valence-electron chi connectivity index (χ3n) is 1.51. The largest absolute Gasteiger partial charge is 0.478 e. The van der Waals surface area contributed by atoms with Crippen molar-refractivity contribution >= 4 is 23.5 Å². The number of carboxylic acids is 2. The van der Waals surface area contributed by atoms with Gasteiger partial charge in [0.2, 0.25) is 0 Å². The van der Waals surface area contributed by atoms with Gasteiger partial charge >= 0.3 is 11.9 Å². The summed E-state index contributed by atoms with van der Waals surface area (Å²) in [4.78, 5) is 20.9. The average molecular weight is 219 g/mol. The van der Waals surface area contributed by atoms with E-state index in [0.717, 1.165) is 6.07 Å². The molecule has 0 unspecified atom stereocenters. The van der Waals surface area contributed by atoms with Crippen LogP contribution in [0, 0.1) is 5.82 Å². The molecule has 1 aromatic rings. The molecule has 0 saturated heterocycles. The highest BCUT2D eigenvalue weighted by atomic mass is 35.5. The minimum atomic E-state index is -1.48. The fourth-order valence-electron chi connectivity index (χ4n) is 0.868. The normalized spacial score (nSPS) is 9.86. The topological polar surface area (TPSA) is 74.6 Å². The fourth-order valence-corrected chi connectivity index (χ4v) is 1.06. The van der Waals surface area contributed by atoms with Crippen LogP contribution in [-0.2, 0) is 0 Å². The van der Waals surface area contributed by atoms with Gasteiger partial charge in [0.15, 0.2) is 0 Å². The first kappa shape index (κ1) is 10.5. The van der Waals surface area contributed by atoms with Gasteiger partial charge in [-0.3, -0.25) is 0 Å². The molecule has 0 radical (unpaired) electrons. The third-order valence-corrected chi connectivity index (χ3v) is 1.89. The van der Waals surface area contributed by atoms with Crippen molar-refractivity contribution in [2.45, 2.75) is 0 Å². The van der Waals surface area contributed by atoms with Gasteiger partial charge in [0, 0.05) is 0 Å².